The average Bonchev–Trinajstić information content (AvgIpc) is 2.59. The largest absolute Gasteiger partial charge is 0.323 e. The molecule has 0 aliphatic rings. The Morgan fingerprint density at radius 2 is 2.05 bits per heavy atom. The number of fused-ring (bicyclic) bond motifs is 1. The molecule has 0 bridgehead atoms. The highest BCUT2D eigenvalue weighted by Crippen LogP contribution is 2.25. The molecule has 0 spiro atoms. The lowest BCUT2D eigenvalue weighted by Crippen LogP contribution is -2.34. The first-order valence-corrected chi connectivity index (χ1v) is 7.44. The van der Waals surface area contributed by atoms with Crippen LogP contribution in [0.15, 0.2) is 4.79 Å². The molecule has 0 saturated carbocycles. The molecule has 0 aliphatic carbocycles. The number of aryl methyl sites for hydroxylation is 2. The number of thiophene rings is 1. The average molecular weight is 297 g/mol. The first kappa shape index (κ1) is 14.4. The topological polar surface area (TPSA) is 41.0 Å². The molecule has 0 saturated heterocycles. The van der Waals surface area contributed by atoms with Crippen molar-refractivity contribution in [3.8, 4) is 0 Å². The van der Waals surface area contributed by atoms with Gasteiger partial charge in [-0.15, -0.1) is 11.3 Å². The molecule has 2 rings (SSSR count). The van der Waals surface area contributed by atoms with Gasteiger partial charge in [-0.2, -0.15) is 0 Å². The Balaban J connectivity index is 2.66. The van der Waals surface area contributed by atoms with Gasteiger partial charge < -0.3 is 9.88 Å². The maximum Gasteiger partial charge on any atom is 0.263 e. The Morgan fingerprint density at radius 1 is 1.42 bits per heavy atom. The van der Waals surface area contributed by atoms with Gasteiger partial charge in [0.2, 0.25) is 0 Å². The lowest BCUT2D eigenvalue weighted by Gasteiger charge is -2.20. The number of likely N-dealkylation sites (N-methyl/N-ethyl adjacent to an activating group) is 1. The molecule has 1 N–H and O–H groups in total. The van der Waals surface area contributed by atoms with Crippen molar-refractivity contribution in [2.75, 3.05) is 14.1 Å². The van der Waals surface area contributed by atoms with Crippen LogP contribution in [0.25, 0.3) is 10.2 Å². The third-order valence-electron chi connectivity index (χ3n) is 3.64. The summed E-state index contributed by atoms with van der Waals surface area (Å²) < 4.78 is 2.18. The lowest BCUT2D eigenvalue weighted by molar-refractivity contribution is 0.280. The molecule has 1 unspecified atom stereocenters. The van der Waals surface area contributed by atoms with E-state index in [0.717, 1.165) is 20.7 Å². The van der Waals surface area contributed by atoms with Gasteiger partial charge in [0.25, 0.3) is 5.56 Å². The Labute approximate surface area is 121 Å². The van der Waals surface area contributed by atoms with Gasteiger partial charge >= 0.3 is 0 Å². The van der Waals surface area contributed by atoms with E-state index in [9.17, 15) is 4.79 Å². The highest BCUT2D eigenvalue weighted by molar-refractivity contribution is 7.71. The van der Waals surface area contributed by atoms with Crippen LogP contribution in [-0.2, 0) is 6.54 Å². The standard InChI is InChI=1S/C13H19N3OS2/c1-7(15(4)5)6-16-12(17)10-8(2)9(3)19-11(10)14-13(16)18/h7H,6H2,1-5H3,(H,14,18). The van der Waals surface area contributed by atoms with Gasteiger partial charge in [0.1, 0.15) is 4.83 Å². The van der Waals surface area contributed by atoms with Crippen molar-refractivity contribution < 1.29 is 0 Å². The molecular formula is C13H19N3OS2. The van der Waals surface area contributed by atoms with E-state index in [2.05, 4.69) is 16.8 Å². The second-order valence-corrected chi connectivity index (χ2v) is 6.76. The van der Waals surface area contributed by atoms with Crippen molar-refractivity contribution in [2.45, 2.75) is 33.4 Å². The normalized spacial score (nSPS) is 13.4. The van der Waals surface area contributed by atoms with Crippen LogP contribution in [0.1, 0.15) is 17.4 Å². The molecule has 1 atom stereocenters. The van der Waals surface area contributed by atoms with E-state index in [4.69, 9.17) is 12.2 Å². The van der Waals surface area contributed by atoms with E-state index < -0.39 is 0 Å². The molecule has 104 valence electrons. The van der Waals surface area contributed by atoms with Crippen LogP contribution in [0, 0.1) is 18.6 Å². The molecule has 0 aromatic carbocycles. The molecule has 0 radical (unpaired) electrons. The van der Waals surface area contributed by atoms with Crippen molar-refractivity contribution >= 4 is 33.8 Å². The fourth-order valence-corrected chi connectivity index (χ4v) is 3.33. The molecule has 0 fully saturated rings. The van der Waals surface area contributed by atoms with E-state index in [1.165, 1.54) is 0 Å². The summed E-state index contributed by atoms with van der Waals surface area (Å²) in [7, 11) is 4.00. The van der Waals surface area contributed by atoms with Crippen molar-refractivity contribution in [3.05, 3.63) is 25.6 Å². The summed E-state index contributed by atoms with van der Waals surface area (Å²) in [5.41, 5.74) is 1.08. The van der Waals surface area contributed by atoms with Crippen molar-refractivity contribution in [3.63, 3.8) is 0 Å². The maximum absolute atomic E-state index is 12.6. The SMILES string of the molecule is Cc1sc2[nH]c(=S)n(CC(C)N(C)C)c(=O)c2c1C. The van der Waals surface area contributed by atoms with Crippen molar-refractivity contribution in [1.29, 1.82) is 0 Å². The molecule has 2 aromatic rings. The second-order valence-electron chi connectivity index (χ2n) is 5.15. The Kier molecular flexibility index (Phi) is 3.94. The molecule has 0 aliphatic heterocycles. The molecule has 2 heterocycles. The lowest BCUT2D eigenvalue weighted by atomic mass is 10.2. The fraction of sp³-hybridized carbons (Fsp3) is 0.538. The maximum atomic E-state index is 12.6. The molecule has 6 heteroatoms. The number of aromatic nitrogens is 2. The first-order valence-electron chi connectivity index (χ1n) is 6.22. The zero-order chi connectivity index (χ0) is 14.3. The number of nitrogens with zero attached hydrogens (tertiary/aromatic N) is 2. The van der Waals surface area contributed by atoms with Gasteiger partial charge in [-0.3, -0.25) is 9.36 Å². The van der Waals surface area contributed by atoms with Crippen LogP contribution in [-0.4, -0.2) is 34.6 Å². The number of aromatic amines is 1. The first-order chi connectivity index (χ1) is 8.82. The van der Waals surface area contributed by atoms with Crippen molar-refractivity contribution in [1.82, 2.24) is 14.5 Å². The van der Waals surface area contributed by atoms with Gasteiger partial charge in [-0.05, 0) is 52.6 Å². The zero-order valence-corrected chi connectivity index (χ0v) is 13.5. The van der Waals surface area contributed by atoms with Crippen LogP contribution in [0.2, 0.25) is 0 Å². The molecule has 2 aromatic heterocycles. The molecule has 0 amide bonds. The predicted octanol–water partition coefficient (Wildman–Crippen LogP) is 2.69. The molecule has 19 heavy (non-hydrogen) atoms. The summed E-state index contributed by atoms with van der Waals surface area (Å²) in [5, 5.41) is 0.780. The summed E-state index contributed by atoms with van der Waals surface area (Å²) in [4.78, 5) is 19.9. The zero-order valence-electron chi connectivity index (χ0n) is 11.9. The number of H-pyrrole nitrogens is 1. The van der Waals surface area contributed by atoms with Gasteiger partial charge in [0.05, 0.1) is 5.39 Å². The third kappa shape index (κ3) is 2.52. The highest BCUT2D eigenvalue weighted by atomic mass is 32.1. The summed E-state index contributed by atoms with van der Waals surface area (Å²) in [5.74, 6) is 0. The number of hydrogen-bond acceptors (Lipinski definition) is 4. The van der Waals surface area contributed by atoms with Crippen molar-refractivity contribution in [2.24, 2.45) is 0 Å². The number of rotatable bonds is 3. The monoisotopic (exact) mass is 297 g/mol. The summed E-state index contributed by atoms with van der Waals surface area (Å²) in [6, 6.07) is 0.255. The van der Waals surface area contributed by atoms with Crippen LogP contribution in [0.4, 0.5) is 0 Å². The Hall–Kier alpha value is -0.980. The summed E-state index contributed by atoms with van der Waals surface area (Å²) >= 11 is 6.91. The Bertz CT molecular complexity index is 724. The summed E-state index contributed by atoms with van der Waals surface area (Å²) in [6.07, 6.45) is 0. The Morgan fingerprint density at radius 3 is 2.63 bits per heavy atom. The predicted molar refractivity (Wildman–Crippen MR) is 83.9 cm³/mol. The smallest absolute Gasteiger partial charge is 0.263 e. The van der Waals surface area contributed by atoms with E-state index in [1.807, 2.05) is 27.9 Å². The van der Waals surface area contributed by atoms with Crippen LogP contribution < -0.4 is 5.56 Å². The van der Waals surface area contributed by atoms with E-state index in [1.54, 1.807) is 15.9 Å². The van der Waals surface area contributed by atoms with Crippen LogP contribution >= 0.6 is 23.6 Å². The van der Waals surface area contributed by atoms with Gasteiger partial charge in [0.15, 0.2) is 4.77 Å². The van der Waals surface area contributed by atoms with Crippen LogP contribution in [0.3, 0.4) is 0 Å². The quantitative estimate of drug-likeness (QED) is 0.886. The minimum atomic E-state index is 0.0225. The van der Waals surface area contributed by atoms with Gasteiger partial charge in [-0.1, -0.05) is 0 Å². The second kappa shape index (κ2) is 5.19. The number of nitrogens with one attached hydrogen (secondary N) is 1. The highest BCUT2D eigenvalue weighted by Gasteiger charge is 2.14. The van der Waals surface area contributed by atoms with E-state index >= 15 is 0 Å². The third-order valence-corrected chi connectivity index (χ3v) is 5.08. The minimum absolute atomic E-state index is 0.0225. The van der Waals surface area contributed by atoms with E-state index in [-0.39, 0.29) is 11.6 Å². The van der Waals surface area contributed by atoms with Gasteiger partial charge in [0, 0.05) is 17.5 Å². The summed E-state index contributed by atoms with van der Waals surface area (Å²) in [6.45, 7) is 6.71. The minimum Gasteiger partial charge on any atom is -0.323 e. The van der Waals surface area contributed by atoms with Gasteiger partial charge in [-0.25, -0.2) is 0 Å². The molecular weight excluding hydrogens is 278 g/mol. The van der Waals surface area contributed by atoms with Crippen LogP contribution in [0.5, 0.6) is 0 Å². The van der Waals surface area contributed by atoms with E-state index in [0.29, 0.717) is 11.3 Å². The fourth-order valence-electron chi connectivity index (χ4n) is 1.96. The molecule has 4 nitrogen and oxygen atoms in total. The number of hydrogen-bond donors (Lipinski definition) is 1.